The summed E-state index contributed by atoms with van der Waals surface area (Å²) in [5.74, 6) is 1.35. The van der Waals surface area contributed by atoms with Crippen LogP contribution in [0.5, 0.6) is 5.75 Å². The molecule has 45 heavy (non-hydrogen) atoms. The minimum Gasteiger partial charge on any atom is -0.484 e. The first-order valence-electron chi connectivity index (χ1n) is 14.6. The average molecular weight is 645 g/mol. The number of carbonyl (C=O) groups excluding carboxylic acids is 2. The van der Waals surface area contributed by atoms with Gasteiger partial charge >= 0.3 is 0 Å². The van der Waals surface area contributed by atoms with Gasteiger partial charge in [0.2, 0.25) is 11.1 Å². The summed E-state index contributed by atoms with van der Waals surface area (Å²) in [4.78, 5) is 33.0. The Bertz CT molecular complexity index is 1740. The molecule has 2 aliphatic heterocycles. The summed E-state index contributed by atoms with van der Waals surface area (Å²) in [6.07, 6.45) is 0. The van der Waals surface area contributed by atoms with Crippen molar-refractivity contribution < 1.29 is 19.1 Å². The van der Waals surface area contributed by atoms with Gasteiger partial charge in [0, 0.05) is 35.2 Å². The van der Waals surface area contributed by atoms with Gasteiger partial charge < -0.3 is 25.0 Å². The maximum absolute atomic E-state index is 13.9. The fourth-order valence-corrected chi connectivity index (χ4v) is 6.37. The molecule has 2 amide bonds. The normalized spacial score (nSPS) is 16.2. The molecule has 0 aliphatic carbocycles. The van der Waals surface area contributed by atoms with Crippen LogP contribution in [0.1, 0.15) is 29.7 Å². The Morgan fingerprint density at radius 3 is 2.53 bits per heavy atom. The lowest BCUT2D eigenvalue weighted by atomic mass is 9.95. The van der Waals surface area contributed by atoms with Crippen molar-refractivity contribution in [3.05, 3.63) is 106 Å². The third kappa shape index (κ3) is 7.00. The average Bonchev–Trinajstić information content (AvgIpc) is 3.46. The number of amides is 2. The number of hydrogen-bond acceptors (Lipinski definition) is 8. The lowest BCUT2D eigenvalue weighted by Crippen LogP contribution is -2.42. The summed E-state index contributed by atoms with van der Waals surface area (Å²) in [5.41, 5.74) is 4.66. The standard InChI is InChI=1S/C33H33ClN6O4S/c1-21-7-3-6-10-27(21)36-31(42)29-22(2)35-32-37-33(45-20-24-8-4-5-9-26(24)34)38-40(32)30(29)23-11-13-25(14-12-23)44-19-28(41)39-15-17-43-18-16-39/h3-14,30H,15-20H2,1-2H3,(H,36,42)(H,35,37,38). The molecular formula is C33H33ClN6O4S. The number of anilines is 2. The largest absolute Gasteiger partial charge is 0.484 e. The van der Waals surface area contributed by atoms with E-state index in [1.807, 2.05) is 74.5 Å². The highest BCUT2D eigenvalue weighted by atomic mass is 35.5. The van der Waals surface area contributed by atoms with Crippen molar-refractivity contribution in [3.63, 3.8) is 0 Å². The van der Waals surface area contributed by atoms with Gasteiger partial charge in [-0.1, -0.05) is 71.9 Å². The molecule has 0 saturated carbocycles. The van der Waals surface area contributed by atoms with Crippen LogP contribution in [0.25, 0.3) is 0 Å². The zero-order chi connectivity index (χ0) is 31.3. The van der Waals surface area contributed by atoms with Gasteiger partial charge in [0.15, 0.2) is 6.61 Å². The molecular weight excluding hydrogens is 612 g/mol. The van der Waals surface area contributed by atoms with Crippen molar-refractivity contribution in [2.75, 3.05) is 43.5 Å². The maximum Gasteiger partial charge on any atom is 0.260 e. The molecule has 1 fully saturated rings. The molecule has 12 heteroatoms. The first kappa shape index (κ1) is 30.7. The molecule has 2 N–H and O–H groups in total. The van der Waals surface area contributed by atoms with E-state index < -0.39 is 6.04 Å². The Kier molecular flexibility index (Phi) is 9.39. The van der Waals surface area contributed by atoms with Crippen LogP contribution >= 0.6 is 23.4 Å². The number of aryl methyl sites for hydroxylation is 1. The number of carbonyl (C=O) groups is 2. The van der Waals surface area contributed by atoms with Crippen molar-refractivity contribution in [1.82, 2.24) is 19.7 Å². The quantitative estimate of drug-likeness (QED) is 0.224. The number of morpholine rings is 1. The van der Waals surface area contributed by atoms with Crippen molar-refractivity contribution in [2.24, 2.45) is 0 Å². The first-order chi connectivity index (χ1) is 21.9. The Morgan fingerprint density at radius 1 is 1.04 bits per heavy atom. The van der Waals surface area contributed by atoms with Gasteiger partial charge in [0.1, 0.15) is 11.8 Å². The fourth-order valence-electron chi connectivity index (χ4n) is 5.25. The second kappa shape index (κ2) is 13.8. The Hall–Kier alpha value is -4.32. The first-order valence-corrected chi connectivity index (χ1v) is 16.0. The lowest BCUT2D eigenvalue weighted by molar-refractivity contribution is -0.137. The van der Waals surface area contributed by atoms with Crippen molar-refractivity contribution in [1.29, 1.82) is 0 Å². The summed E-state index contributed by atoms with van der Waals surface area (Å²) in [6, 6.07) is 22.2. The number of aromatic nitrogens is 3. The molecule has 2 aliphatic rings. The van der Waals surface area contributed by atoms with E-state index in [4.69, 9.17) is 31.2 Å². The van der Waals surface area contributed by atoms with Gasteiger partial charge in [0.05, 0.1) is 18.8 Å². The molecule has 4 aromatic rings. The number of fused-ring (bicyclic) bond motifs is 1. The molecule has 1 saturated heterocycles. The van der Waals surface area contributed by atoms with Crippen LogP contribution in [-0.2, 0) is 20.1 Å². The molecule has 1 unspecified atom stereocenters. The summed E-state index contributed by atoms with van der Waals surface area (Å²) in [5, 5.41) is 12.4. The van der Waals surface area contributed by atoms with Crippen LogP contribution in [0.15, 0.2) is 89.2 Å². The Morgan fingerprint density at radius 2 is 1.78 bits per heavy atom. The van der Waals surface area contributed by atoms with Gasteiger partial charge in [-0.15, -0.1) is 5.10 Å². The van der Waals surface area contributed by atoms with Crippen molar-refractivity contribution in [3.8, 4) is 5.75 Å². The van der Waals surface area contributed by atoms with Gasteiger partial charge in [-0.05, 0) is 54.8 Å². The van der Waals surface area contributed by atoms with Crippen LogP contribution in [-0.4, -0.2) is 64.4 Å². The van der Waals surface area contributed by atoms with Crippen molar-refractivity contribution in [2.45, 2.75) is 30.8 Å². The van der Waals surface area contributed by atoms with E-state index in [2.05, 4.69) is 10.6 Å². The van der Waals surface area contributed by atoms with E-state index in [-0.39, 0.29) is 18.4 Å². The molecule has 0 radical (unpaired) electrons. The predicted molar refractivity (Wildman–Crippen MR) is 175 cm³/mol. The minimum absolute atomic E-state index is 0.0605. The van der Waals surface area contributed by atoms with Gasteiger partial charge in [-0.3, -0.25) is 9.59 Å². The van der Waals surface area contributed by atoms with E-state index in [1.54, 1.807) is 21.7 Å². The summed E-state index contributed by atoms with van der Waals surface area (Å²) >= 11 is 7.85. The third-order valence-corrected chi connectivity index (χ3v) is 8.96. The number of nitrogens with one attached hydrogen (secondary N) is 2. The number of hydrogen-bond donors (Lipinski definition) is 2. The fraction of sp³-hybridized carbons (Fsp3) is 0.273. The molecule has 3 aromatic carbocycles. The van der Waals surface area contributed by atoms with Gasteiger partial charge in [-0.25, -0.2) is 4.68 Å². The summed E-state index contributed by atoms with van der Waals surface area (Å²) in [7, 11) is 0. The maximum atomic E-state index is 13.9. The van der Waals surface area contributed by atoms with Crippen molar-refractivity contribution >= 4 is 46.8 Å². The second-order valence-corrected chi connectivity index (χ2v) is 12.1. The molecule has 10 nitrogen and oxygen atoms in total. The molecule has 0 spiro atoms. The Balaban J connectivity index is 1.27. The summed E-state index contributed by atoms with van der Waals surface area (Å²) < 4.78 is 12.9. The summed E-state index contributed by atoms with van der Waals surface area (Å²) in [6.45, 7) is 5.96. The number of nitrogens with zero attached hydrogens (tertiary/aromatic N) is 4. The molecule has 6 rings (SSSR count). The highest BCUT2D eigenvalue weighted by Crippen LogP contribution is 2.38. The zero-order valence-corrected chi connectivity index (χ0v) is 26.5. The number of thioether (sulfide) groups is 1. The van der Waals surface area contributed by atoms with Gasteiger partial charge in [-0.2, -0.15) is 4.98 Å². The predicted octanol–water partition coefficient (Wildman–Crippen LogP) is 5.70. The minimum atomic E-state index is -0.573. The number of para-hydroxylation sites is 1. The zero-order valence-electron chi connectivity index (χ0n) is 25.0. The van der Waals surface area contributed by atoms with Crippen LogP contribution in [0.2, 0.25) is 5.02 Å². The van der Waals surface area contributed by atoms with Crippen LogP contribution in [0.4, 0.5) is 11.6 Å². The number of halogens is 1. The number of allylic oxidation sites excluding steroid dienone is 1. The van der Waals surface area contributed by atoms with E-state index >= 15 is 0 Å². The van der Waals surface area contributed by atoms with Crippen LogP contribution in [0, 0.1) is 6.92 Å². The smallest absolute Gasteiger partial charge is 0.260 e. The van der Waals surface area contributed by atoms with E-state index in [0.29, 0.717) is 65.2 Å². The topological polar surface area (TPSA) is 111 Å². The lowest BCUT2D eigenvalue weighted by Gasteiger charge is -2.29. The molecule has 1 aromatic heterocycles. The number of benzene rings is 3. The van der Waals surface area contributed by atoms with E-state index in [1.165, 1.54) is 11.8 Å². The third-order valence-electron chi connectivity index (χ3n) is 7.71. The Labute approximate surface area is 270 Å². The van der Waals surface area contributed by atoms with E-state index in [0.717, 1.165) is 22.4 Å². The SMILES string of the molecule is CC1=C(C(=O)Nc2ccccc2C)C(c2ccc(OCC(=O)N3CCOCC3)cc2)n2nc(SCc3ccccc3Cl)nc2N1. The molecule has 1 atom stereocenters. The van der Waals surface area contributed by atoms with Crippen LogP contribution in [0.3, 0.4) is 0 Å². The second-order valence-electron chi connectivity index (χ2n) is 10.7. The highest BCUT2D eigenvalue weighted by Gasteiger charge is 2.34. The number of ether oxygens (including phenoxy) is 2. The highest BCUT2D eigenvalue weighted by molar-refractivity contribution is 7.98. The molecule has 0 bridgehead atoms. The molecule has 3 heterocycles. The van der Waals surface area contributed by atoms with Gasteiger partial charge in [0.25, 0.3) is 11.8 Å². The monoisotopic (exact) mass is 644 g/mol. The van der Waals surface area contributed by atoms with Crippen LogP contribution < -0.4 is 15.4 Å². The molecule has 232 valence electrons. The number of rotatable bonds is 9. The van der Waals surface area contributed by atoms with E-state index in [9.17, 15) is 9.59 Å².